The van der Waals surface area contributed by atoms with E-state index in [1.807, 2.05) is 34.0 Å². The third kappa shape index (κ3) is 1.35. The lowest BCUT2D eigenvalue weighted by Crippen LogP contribution is -1.67. The zero-order valence-corrected chi connectivity index (χ0v) is 12.9. The summed E-state index contributed by atoms with van der Waals surface area (Å²) in [5, 5.41) is 4.35. The lowest BCUT2D eigenvalue weighted by atomic mass is 10.1. The van der Waals surface area contributed by atoms with Gasteiger partial charge in [0.25, 0.3) is 0 Å². The van der Waals surface area contributed by atoms with Crippen LogP contribution in [0.4, 0.5) is 0 Å². The van der Waals surface area contributed by atoms with Gasteiger partial charge in [0.05, 0.1) is 9.40 Å². The summed E-state index contributed by atoms with van der Waals surface area (Å²) in [6.45, 7) is 6.63. The molecular formula is C15H12S3. The molecule has 0 amide bonds. The third-order valence-electron chi connectivity index (χ3n) is 3.31. The fourth-order valence-corrected chi connectivity index (χ4v) is 5.96. The van der Waals surface area contributed by atoms with Gasteiger partial charge in [-0.3, -0.25) is 0 Å². The Labute approximate surface area is 117 Å². The van der Waals surface area contributed by atoms with Crippen molar-refractivity contribution in [2.75, 3.05) is 0 Å². The Morgan fingerprint density at radius 3 is 1.56 bits per heavy atom. The Balaban J connectivity index is 2.43. The summed E-state index contributed by atoms with van der Waals surface area (Å²) < 4.78 is 4.43. The summed E-state index contributed by atoms with van der Waals surface area (Å²) in [7, 11) is 0. The summed E-state index contributed by atoms with van der Waals surface area (Å²) in [4.78, 5) is 4.23. The van der Waals surface area contributed by atoms with Gasteiger partial charge in [-0.25, -0.2) is 0 Å². The minimum Gasteiger partial charge on any atom is -0.140 e. The van der Waals surface area contributed by atoms with Crippen LogP contribution < -0.4 is 0 Å². The van der Waals surface area contributed by atoms with Crippen molar-refractivity contribution >= 4 is 64.3 Å². The lowest BCUT2D eigenvalue weighted by Gasteiger charge is -1.96. The highest BCUT2D eigenvalue weighted by molar-refractivity contribution is 7.29. The van der Waals surface area contributed by atoms with Crippen molar-refractivity contribution in [2.24, 2.45) is 0 Å². The summed E-state index contributed by atoms with van der Waals surface area (Å²) in [5.41, 5.74) is 0. The van der Waals surface area contributed by atoms with Crippen LogP contribution in [-0.2, 0) is 0 Å². The van der Waals surface area contributed by atoms with E-state index in [0.29, 0.717) is 0 Å². The van der Waals surface area contributed by atoms with Crippen LogP contribution in [0.25, 0.3) is 30.3 Å². The van der Waals surface area contributed by atoms with Gasteiger partial charge in [0.2, 0.25) is 0 Å². The minimum absolute atomic E-state index is 1.41. The first kappa shape index (κ1) is 11.0. The van der Waals surface area contributed by atoms with Crippen molar-refractivity contribution in [2.45, 2.75) is 20.8 Å². The van der Waals surface area contributed by atoms with E-state index in [2.05, 4.69) is 39.0 Å². The van der Waals surface area contributed by atoms with E-state index < -0.39 is 0 Å². The molecule has 4 rings (SSSR count). The molecule has 90 valence electrons. The molecule has 0 saturated carbocycles. The molecule has 4 aromatic rings. The fraction of sp³-hybridized carbons (Fsp3) is 0.200. The zero-order valence-electron chi connectivity index (χ0n) is 10.5. The van der Waals surface area contributed by atoms with Gasteiger partial charge in [0, 0.05) is 35.5 Å². The monoisotopic (exact) mass is 288 g/mol. The molecule has 0 aliphatic rings. The largest absolute Gasteiger partial charge is 0.140 e. The quantitative estimate of drug-likeness (QED) is 0.358. The second-order valence-corrected chi connectivity index (χ2v) is 8.57. The van der Waals surface area contributed by atoms with Crippen LogP contribution in [0.1, 0.15) is 14.6 Å². The Hall–Kier alpha value is -0.900. The SMILES string of the molecule is Cc1cc2c3cc(C)sc3c3sc(C)cc3c2s1. The fourth-order valence-electron chi connectivity index (χ4n) is 2.65. The van der Waals surface area contributed by atoms with E-state index in [9.17, 15) is 0 Å². The van der Waals surface area contributed by atoms with Crippen LogP contribution in [0.2, 0.25) is 0 Å². The molecule has 0 aliphatic heterocycles. The number of fused-ring (bicyclic) bond motifs is 6. The van der Waals surface area contributed by atoms with Crippen LogP contribution in [0.15, 0.2) is 18.2 Å². The zero-order chi connectivity index (χ0) is 12.4. The molecule has 0 bridgehead atoms. The van der Waals surface area contributed by atoms with Crippen molar-refractivity contribution in [3.63, 3.8) is 0 Å². The topological polar surface area (TPSA) is 0 Å². The van der Waals surface area contributed by atoms with Gasteiger partial charge in [0.1, 0.15) is 0 Å². The average molecular weight is 288 g/mol. The Bertz CT molecular complexity index is 684. The summed E-state index contributed by atoms with van der Waals surface area (Å²) in [6.07, 6.45) is 0. The number of aryl methyl sites for hydroxylation is 3. The summed E-state index contributed by atoms with van der Waals surface area (Å²) in [6, 6.07) is 7.05. The molecule has 18 heavy (non-hydrogen) atoms. The van der Waals surface area contributed by atoms with Crippen LogP contribution in [0.3, 0.4) is 0 Å². The standard InChI is InChI=1S/C15H12S3/c1-7-4-10-11-5-8(2)17-14(11)15-12(13(10)16-7)6-9(3)18-15/h4-6H,1-3H3. The molecule has 1 aromatic carbocycles. The average Bonchev–Trinajstić information content (AvgIpc) is 2.93. The molecule has 0 spiro atoms. The lowest BCUT2D eigenvalue weighted by molar-refractivity contribution is 1.65. The maximum absolute atomic E-state index is 2.35. The molecule has 3 heterocycles. The molecular weight excluding hydrogens is 276 g/mol. The molecule has 0 unspecified atom stereocenters. The van der Waals surface area contributed by atoms with Crippen LogP contribution in [-0.4, -0.2) is 0 Å². The van der Waals surface area contributed by atoms with E-state index in [-0.39, 0.29) is 0 Å². The Morgan fingerprint density at radius 2 is 0.944 bits per heavy atom. The predicted molar refractivity (Wildman–Crippen MR) is 86.8 cm³/mol. The van der Waals surface area contributed by atoms with Gasteiger partial charge >= 0.3 is 0 Å². The maximum Gasteiger partial charge on any atom is 0.0538 e. The molecule has 0 fully saturated rings. The molecule has 3 aromatic heterocycles. The second-order valence-electron chi connectivity index (χ2n) is 4.80. The van der Waals surface area contributed by atoms with Gasteiger partial charge in [-0.05, 0) is 39.0 Å². The number of thiophene rings is 3. The number of rotatable bonds is 0. The first-order valence-electron chi connectivity index (χ1n) is 5.96. The second kappa shape index (κ2) is 3.56. The van der Waals surface area contributed by atoms with Crippen LogP contribution in [0.5, 0.6) is 0 Å². The molecule has 0 nitrogen and oxygen atoms in total. The first-order valence-corrected chi connectivity index (χ1v) is 8.41. The summed E-state index contributed by atoms with van der Waals surface area (Å²) in [5.74, 6) is 0. The molecule has 0 atom stereocenters. The van der Waals surface area contributed by atoms with Gasteiger partial charge in [-0.1, -0.05) is 0 Å². The van der Waals surface area contributed by atoms with Gasteiger partial charge in [0.15, 0.2) is 0 Å². The first-order chi connectivity index (χ1) is 8.63. The normalized spacial score (nSPS) is 12.2. The van der Waals surface area contributed by atoms with E-state index in [1.165, 1.54) is 44.9 Å². The van der Waals surface area contributed by atoms with Crippen molar-refractivity contribution in [3.05, 3.63) is 32.8 Å². The molecule has 3 heteroatoms. The van der Waals surface area contributed by atoms with E-state index in [1.54, 1.807) is 0 Å². The number of benzene rings is 1. The van der Waals surface area contributed by atoms with Crippen molar-refractivity contribution in [1.29, 1.82) is 0 Å². The van der Waals surface area contributed by atoms with Gasteiger partial charge in [-0.15, -0.1) is 34.0 Å². The molecule has 0 N–H and O–H groups in total. The highest BCUT2D eigenvalue weighted by Crippen LogP contribution is 2.45. The van der Waals surface area contributed by atoms with Crippen LogP contribution >= 0.6 is 34.0 Å². The van der Waals surface area contributed by atoms with E-state index >= 15 is 0 Å². The van der Waals surface area contributed by atoms with E-state index in [0.717, 1.165) is 0 Å². The smallest absolute Gasteiger partial charge is 0.0538 e. The third-order valence-corrected chi connectivity index (χ3v) is 6.66. The van der Waals surface area contributed by atoms with Crippen molar-refractivity contribution in [1.82, 2.24) is 0 Å². The Kier molecular flexibility index (Phi) is 2.17. The van der Waals surface area contributed by atoms with Gasteiger partial charge < -0.3 is 0 Å². The predicted octanol–water partition coefficient (Wildman–Crippen LogP) is 6.26. The Morgan fingerprint density at radius 1 is 0.556 bits per heavy atom. The minimum atomic E-state index is 1.41. The number of hydrogen-bond donors (Lipinski definition) is 0. The highest BCUT2D eigenvalue weighted by atomic mass is 32.1. The van der Waals surface area contributed by atoms with Crippen molar-refractivity contribution in [3.8, 4) is 0 Å². The van der Waals surface area contributed by atoms with Crippen LogP contribution in [0, 0.1) is 20.8 Å². The number of hydrogen-bond acceptors (Lipinski definition) is 3. The molecule has 0 aliphatic carbocycles. The van der Waals surface area contributed by atoms with Gasteiger partial charge in [-0.2, -0.15) is 0 Å². The molecule has 0 saturated heterocycles. The van der Waals surface area contributed by atoms with Crippen molar-refractivity contribution < 1.29 is 0 Å². The molecule has 0 radical (unpaired) electrons. The van der Waals surface area contributed by atoms with E-state index in [4.69, 9.17) is 0 Å². The summed E-state index contributed by atoms with van der Waals surface area (Å²) >= 11 is 5.80. The highest BCUT2D eigenvalue weighted by Gasteiger charge is 2.14. The maximum atomic E-state index is 2.35.